The first-order valence-corrected chi connectivity index (χ1v) is 4.79. The zero-order valence-electron chi connectivity index (χ0n) is 7.28. The lowest BCUT2D eigenvalue weighted by molar-refractivity contribution is 0.0174. The molecule has 0 aliphatic rings. The fourth-order valence-electron chi connectivity index (χ4n) is 1.12. The van der Waals surface area contributed by atoms with Crippen LogP contribution in [0, 0.1) is 5.41 Å². The standard InChI is InChI=1S/C8H17BrO/c1-5-7(10-4)8(2,3)6-9/h7H,5-6H2,1-4H3. The maximum Gasteiger partial charge on any atom is 0.0627 e. The number of halogens is 1. The highest BCUT2D eigenvalue weighted by atomic mass is 79.9. The van der Waals surface area contributed by atoms with E-state index in [0.717, 1.165) is 11.8 Å². The fourth-order valence-corrected chi connectivity index (χ4v) is 1.49. The molecule has 0 rings (SSSR count). The third kappa shape index (κ3) is 2.59. The monoisotopic (exact) mass is 208 g/mol. The minimum Gasteiger partial charge on any atom is -0.381 e. The first-order valence-electron chi connectivity index (χ1n) is 3.67. The summed E-state index contributed by atoms with van der Waals surface area (Å²) in [6.45, 7) is 6.57. The zero-order chi connectivity index (χ0) is 8.20. The number of methoxy groups -OCH3 is 1. The second kappa shape index (κ2) is 4.35. The summed E-state index contributed by atoms with van der Waals surface area (Å²) in [5.74, 6) is 0. The molecule has 0 fully saturated rings. The molecule has 0 aliphatic heterocycles. The Morgan fingerprint density at radius 3 is 2.10 bits per heavy atom. The Bertz CT molecular complexity index is 87.3. The van der Waals surface area contributed by atoms with Crippen LogP contribution in [0.3, 0.4) is 0 Å². The largest absolute Gasteiger partial charge is 0.381 e. The lowest BCUT2D eigenvalue weighted by Crippen LogP contribution is -2.31. The third-order valence-corrected chi connectivity index (χ3v) is 3.32. The molecule has 2 heteroatoms. The maximum absolute atomic E-state index is 5.33. The van der Waals surface area contributed by atoms with Crippen LogP contribution in [-0.4, -0.2) is 18.5 Å². The van der Waals surface area contributed by atoms with Crippen molar-refractivity contribution in [1.82, 2.24) is 0 Å². The van der Waals surface area contributed by atoms with Crippen LogP contribution in [0.5, 0.6) is 0 Å². The van der Waals surface area contributed by atoms with Gasteiger partial charge in [0.25, 0.3) is 0 Å². The fraction of sp³-hybridized carbons (Fsp3) is 1.00. The van der Waals surface area contributed by atoms with E-state index >= 15 is 0 Å². The number of hydrogen-bond acceptors (Lipinski definition) is 1. The van der Waals surface area contributed by atoms with Crippen LogP contribution in [0.25, 0.3) is 0 Å². The summed E-state index contributed by atoms with van der Waals surface area (Å²) in [5.41, 5.74) is 0.253. The Hall–Kier alpha value is 0.440. The van der Waals surface area contributed by atoms with Crippen LogP contribution in [0.15, 0.2) is 0 Å². The molecule has 0 N–H and O–H groups in total. The molecule has 0 spiro atoms. The van der Waals surface area contributed by atoms with E-state index in [1.54, 1.807) is 7.11 Å². The van der Waals surface area contributed by atoms with E-state index in [1.165, 1.54) is 0 Å². The van der Waals surface area contributed by atoms with Gasteiger partial charge in [0.2, 0.25) is 0 Å². The first-order chi connectivity index (χ1) is 4.58. The van der Waals surface area contributed by atoms with Crippen molar-refractivity contribution >= 4 is 15.9 Å². The molecular formula is C8H17BrO. The SMILES string of the molecule is CCC(OC)C(C)(C)CBr. The van der Waals surface area contributed by atoms with Crippen LogP contribution < -0.4 is 0 Å². The highest BCUT2D eigenvalue weighted by molar-refractivity contribution is 9.09. The van der Waals surface area contributed by atoms with Crippen LogP contribution in [0.4, 0.5) is 0 Å². The molecule has 0 bridgehead atoms. The van der Waals surface area contributed by atoms with E-state index in [0.29, 0.717) is 6.10 Å². The molecule has 0 saturated carbocycles. The predicted octanol–water partition coefficient (Wildman–Crippen LogP) is 2.83. The Labute approximate surface area is 72.3 Å². The number of hydrogen-bond donors (Lipinski definition) is 0. The van der Waals surface area contributed by atoms with Crippen LogP contribution in [0.1, 0.15) is 27.2 Å². The van der Waals surface area contributed by atoms with Crippen LogP contribution in [0.2, 0.25) is 0 Å². The topological polar surface area (TPSA) is 9.23 Å². The molecular weight excluding hydrogens is 192 g/mol. The molecule has 0 saturated heterocycles. The van der Waals surface area contributed by atoms with Crippen molar-refractivity contribution < 1.29 is 4.74 Å². The van der Waals surface area contributed by atoms with E-state index in [2.05, 4.69) is 36.7 Å². The lowest BCUT2D eigenvalue weighted by Gasteiger charge is -2.30. The summed E-state index contributed by atoms with van der Waals surface area (Å²) in [7, 11) is 1.78. The quantitative estimate of drug-likeness (QED) is 0.647. The van der Waals surface area contributed by atoms with Gasteiger partial charge in [-0.3, -0.25) is 0 Å². The predicted molar refractivity (Wildman–Crippen MR) is 48.7 cm³/mol. The van der Waals surface area contributed by atoms with Crippen LogP contribution >= 0.6 is 15.9 Å². The van der Waals surface area contributed by atoms with Gasteiger partial charge in [-0.05, 0) is 6.42 Å². The average Bonchev–Trinajstić information content (AvgIpc) is 1.90. The van der Waals surface area contributed by atoms with Crippen molar-refractivity contribution in [2.24, 2.45) is 5.41 Å². The van der Waals surface area contributed by atoms with Gasteiger partial charge < -0.3 is 4.74 Å². The molecule has 62 valence electrons. The highest BCUT2D eigenvalue weighted by Gasteiger charge is 2.26. The highest BCUT2D eigenvalue weighted by Crippen LogP contribution is 2.27. The van der Waals surface area contributed by atoms with Crippen molar-refractivity contribution in [2.45, 2.75) is 33.3 Å². The molecule has 0 aromatic carbocycles. The molecule has 1 nitrogen and oxygen atoms in total. The molecule has 1 unspecified atom stereocenters. The second-order valence-electron chi connectivity index (χ2n) is 3.25. The number of alkyl halides is 1. The van der Waals surface area contributed by atoms with Gasteiger partial charge in [-0.25, -0.2) is 0 Å². The molecule has 0 heterocycles. The summed E-state index contributed by atoms with van der Waals surface area (Å²) in [5, 5.41) is 0.992. The van der Waals surface area contributed by atoms with Crippen molar-refractivity contribution in [3.8, 4) is 0 Å². The molecule has 0 aromatic rings. The molecule has 0 radical (unpaired) electrons. The van der Waals surface area contributed by atoms with Gasteiger partial charge >= 0.3 is 0 Å². The lowest BCUT2D eigenvalue weighted by atomic mass is 9.87. The second-order valence-corrected chi connectivity index (χ2v) is 3.82. The summed E-state index contributed by atoms with van der Waals surface area (Å²) in [6.07, 6.45) is 1.45. The summed E-state index contributed by atoms with van der Waals surface area (Å²) < 4.78 is 5.33. The van der Waals surface area contributed by atoms with Crippen LogP contribution in [-0.2, 0) is 4.74 Å². The van der Waals surface area contributed by atoms with E-state index in [9.17, 15) is 0 Å². The van der Waals surface area contributed by atoms with Crippen molar-refractivity contribution in [3.63, 3.8) is 0 Å². The Kier molecular flexibility index (Phi) is 4.54. The maximum atomic E-state index is 5.33. The minimum absolute atomic E-state index is 0.253. The summed E-state index contributed by atoms with van der Waals surface area (Å²) in [6, 6.07) is 0. The number of ether oxygens (including phenoxy) is 1. The van der Waals surface area contributed by atoms with E-state index in [4.69, 9.17) is 4.74 Å². The van der Waals surface area contributed by atoms with Gasteiger partial charge in [0.05, 0.1) is 6.10 Å². The van der Waals surface area contributed by atoms with Gasteiger partial charge in [-0.1, -0.05) is 36.7 Å². The van der Waals surface area contributed by atoms with E-state index in [1.807, 2.05) is 0 Å². The van der Waals surface area contributed by atoms with E-state index < -0.39 is 0 Å². The molecule has 0 aliphatic carbocycles. The normalized spacial score (nSPS) is 15.3. The number of rotatable bonds is 4. The Morgan fingerprint density at radius 2 is 2.00 bits per heavy atom. The minimum atomic E-state index is 0.253. The van der Waals surface area contributed by atoms with Crippen molar-refractivity contribution in [3.05, 3.63) is 0 Å². The molecule has 1 atom stereocenters. The Morgan fingerprint density at radius 1 is 1.50 bits per heavy atom. The van der Waals surface area contributed by atoms with Crippen molar-refractivity contribution in [2.75, 3.05) is 12.4 Å². The Balaban J connectivity index is 3.97. The van der Waals surface area contributed by atoms with Gasteiger partial charge in [0, 0.05) is 17.9 Å². The molecule has 10 heavy (non-hydrogen) atoms. The third-order valence-electron chi connectivity index (χ3n) is 1.87. The van der Waals surface area contributed by atoms with Gasteiger partial charge in [-0.2, -0.15) is 0 Å². The van der Waals surface area contributed by atoms with Gasteiger partial charge in [-0.15, -0.1) is 0 Å². The van der Waals surface area contributed by atoms with E-state index in [-0.39, 0.29) is 5.41 Å². The van der Waals surface area contributed by atoms with Crippen molar-refractivity contribution in [1.29, 1.82) is 0 Å². The molecule has 0 aromatic heterocycles. The van der Waals surface area contributed by atoms with Gasteiger partial charge in [0.1, 0.15) is 0 Å². The summed E-state index contributed by atoms with van der Waals surface area (Å²) in [4.78, 5) is 0. The molecule has 0 amide bonds. The van der Waals surface area contributed by atoms with Gasteiger partial charge in [0.15, 0.2) is 0 Å². The average molecular weight is 209 g/mol. The smallest absolute Gasteiger partial charge is 0.0627 e. The zero-order valence-corrected chi connectivity index (χ0v) is 8.86. The summed E-state index contributed by atoms with van der Waals surface area (Å²) >= 11 is 3.47. The first kappa shape index (κ1) is 10.4.